The van der Waals surface area contributed by atoms with Crippen molar-refractivity contribution in [2.24, 2.45) is 0 Å². The van der Waals surface area contributed by atoms with Gasteiger partial charge in [0, 0.05) is 0 Å². The average molecular weight is 164 g/mol. The average Bonchev–Trinajstić information content (AvgIpc) is 2.17. The first-order chi connectivity index (χ1) is 5.90. The van der Waals surface area contributed by atoms with Gasteiger partial charge < -0.3 is 0 Å². The summed E-state index contributed by atoms with van der Waals surface area (Å²) in [6.07, 6.45) is 1.08. The van der Waals surface area contributed by atoms with E-state index < -0.39 is 0 Å². The molecule has 0 amide bonds. The number of hydrogen-bond donors (Lipinski definition) is 0. The van der Waals surface area contributed by atoms with E-state index in [9.17, 15) is 0 Å². The number of benzene rings is 1. The second-order valence-electron chi connectivity index (χ2n) is 2.98. The highest BCUT2D eigenvalue weighted by atomic mass is 17.2. The van der Waals surface area contributed by atoms with Gasteiger partial charge in [-0.15, -0.1) is 0 Å². The van der Waals surface area contributed by atoms with Gasteiger partial charge >= 0.3 is 0 Å². The van der Waals surface area contributed by atoms with Gasteiger partial charge in [-0.05, 0) is 23.1 Å². The van der Waals surface area contributed by atoms with E-state index in [-0.39, 0.29) is 0 Å². The normalized spacial score (nSPS) is 15.8. The first kappa shape index (κ1) is 7.77. The Kier molecular flexibility index (Phi) is 2.11. The summed E-state index contributed by atoms with van der Waals surface area (Å²) in [4.78, 5) is 9.76. The monoisotopic (exact) mass is 164 g/mol. The first-order valence-corrected chi connectivity index (χ1v) is 4.25. The summed E-state index contributed by atoms with van der Waals surface area (Å²) in [7, 11) is 0. The van der Waals surface area contributed by atoms with E-state index in [2.05, 4.69) is 25.1 Å². The minimum absolute atomic E-state index is 0.583. The third-order valence-corrected chi connectivity index (χ3v) is 2.19. The van der Waals surface area contributed by atoms with Crippen LogP contribution < -0.4 is 0 Å². The largest absolute Gasteiger partial charge is 0.232 e. The number of fused-ring (bicyclic) bond motifs is 1. The highest BCUT2D eigenvalue weighted by Crippen LogP contribution is 2.19. The van der Waals surface area contributed by atoms with Crippen molar-refractivity contribution >= 4 is 0 Å². The topological polar surface area (TPSA) is 18.5 Å². The zero-order valence-electron chi connectivity index (χ0n) is 7.17. The van der Waals surface area contributed by atoms with Gasteiger partial charge in [0.2, 0.25) is 0 Å². The Morgan fingerprint density at radius 2 is 1.92 bits per heavy atom. The van der Waals surface area contributed by atoms with Crippen molar-refractivity contribution in [3.63, 3.8) is 0 Å². The van der Waals surface area contributed by atoms with Gasteiger partial charge in [-0.3, -0.25) is 0 Å². The van der Waals surface area contributed by atoms with Gasteiger partial charge in [0.25, 0.3) is 0 Å². The summed E-state index contributed by atoms with van der Waals surface area (Å²) in [6, 6.07) is 6.46. The zero-order valence-corrected chi connectivity index (χ0v) is 7.17. The molecule has 0 aromatic heterocycles. The SMILES string of the molecule is CCc1ccc2c(c1)COOC2. The third kappa shape index (κ3) is 1.36. The van der Waals surface area contributed by atoms with Crippen LogP contribution in [-0.2, 0) is 29.4 Å². The second kappa shape index (κ2) is 3.25. The van der Waals surface area contributed by atoms with Gasteiger partial charge in [-0.1, -0.05) is 25.1 Å². The Morgan fingerprint density at radius 1 is 1.17 bits per heavy atom. The third-order valence-electron chi connectivity index (χ3n) is 2.19. The molecule has 1 heterocycles. The molecule has 2 rings (SSSR count). The lowest BCUT2D eigenvalue weighted by Crippen LogP contribution is -2.07. The lowest BCUT2D eigenvalue weighted by Gasteiger charge is -2.15. The quantitative estimate of drug-likeness (QED) is 0.592. The van der Waals surface area contributed by atoms with Crippen LogP contribution in [0.2, 0.25) is 0 Å². The smallest absolute Gasteiger partial charge is 0.108 e. The Morgan fingerprint density at radius 3 is 2.67 bits per heavy atom. The molecule has 0 unspecified atom stereocenters. The van der Waals surface area contributed by atoms with Crippen molar-refractivity contribution in [2.75, 3.05) is 0 Å². The van der Waals surface area contributed by atoms with E-state index in [0.29, 0.717) is 13.2 Å². The van der Waals surface area contributed by atoms with Crippen LogP contribution in [0.5, 0.6) is 0 Å². The molecule has 0 atom stereocenters. The van der Waals surface area contributed by atoms with E-state index in [0.717, 1.165) is 6.42 Å². The van der Waals surface area contributed by atoms with Gasteiger partial charge in [0.15, 0.2) is 0 Å². The predicted molar refractivity (Wildman–Crippen MR) is 45.4 cm³/mol. The first-order valence-electron chi connectivity index (χ1n) is 4.25. The number of rotatable bonds is 1. The fourth-order valence-electron chi connectivity index (χ4n) is 1.38. The molecule has 0 radical (unpaired) electrons. The standard InChI is InChI=1S/C10H12O2/c1-2-8-3-4-9-6-11-12-7-10(9)5-8/h3-5H,2,6-7H2,1H3. The second-order valence-corrected chi connectivity index (χ2v) is 2.98. The lowest BCUT2D eigenvalue weighted by atomic mass is 10.0. The molecule has 12 heavy (non-hydrogen) atoms. The Bertz CT molecular complexity index is 281. The van der Waals surface area contributed by atoms with Crippen molar-refractivity contribution in [1.82, 2.24) is 0 Å². The molecule has 1 aliphatic rings. The maximum atomic E-state index is 4.90. The molecule has 1 aliphatic heterocycles. The van der Waals surface area contributed by atoms with E-state index in [1.165, 1.54) is 16.7 Å². The van der Waals surface area contributed by atoms with Crippen molar-refractivity contribution in [1.29, 1.82) is 0 Å². The Labute approximate surface area is 72.0 Å². The highest BCUT2D eigenvalue weighted by molar-refractivity contribution is 5.31. The van der Waals surface area contributed by atoms with Gasteiger partial charge in [0.1, 0.15) is 13.2 Å². The maximum absolute atomic E-state index is 4.90. The van der Waals surface area contributed by atoms with Crippen LogP contribution in [0.3, 0.4) is 0 Å². The summed E-state index contributed by atoms with van der Waals surface area (Å²) >= 11 is 0. The molecular formula is C10H12O2. The van der Waals surface area contributed by atoms with E-state index >= 15 is 0 Å². The minimum atomic E-state index is 0.583. The lowest BCUT2D eigenvalue weighted by molar-refractivity contribution is -0.322. The molecule has 2 heteroatoms. The molecule has 0 aliphatic carbocycles. The van der Waals surface area contributed by atoms with Crippen molar-refractivity contribution in [3.05, 3.63) is 34.9 Å². The summed E-state index contributed by atoms with van der Waals surface area (Å²) in [5.41, 5.74) is 3.87. The van der Waals surface area contributed by atoms with Gasteiger partial charge in [-0.2, -0.15) is 0 Å². The van der Waals surface area contributed by atoms with Gasteiger partial charge in [-0.25, -0.2) is 9.78 Å². The molecule has 0 N–H and O–H groups in total. The summed E-state index contributed by atoms with van der Waals surface area (Å²) in [6.45, 7) is 3.32. The van der Waals surface area contributed by atoms with E-state index in [1.54, 1.807) is 0 Å². The zero-order chi connectivity index (χ0) is 8.39. The van der Waals surface area contributed by atoms with Crippen LogP contribution in [0.1, 0.15) is 23.6 Å². The number of hydrogen-bond acceptors (Lipinski definition) is 2. The molecule has 1 aromatic rings. The van der Waals surface area contributed by atoms with Gasteiger partial charge in [0.05, 0.1) is 0 Å². The molecule has 0 saturated heterocycles. The van der Waals surface area contributed by atoms with Crippen LogP contribution >= 0.6 is 0 Å². The molecule has 0 spiro atoms. The maximum Gasteiger partial charge on any atom is 0.108 e. The predicted octanol–water partition coefficient (Wildman–Crippen LogP) is 2.21. The van der Waals surface area contributed by atoms with Crippen molar-refractivity contribution in [3.8, 4) is 0 Å². The molecule has 64 valence electrons. The molecule has 1 aromatic carbocycles. The highest BCUT2D eigenvalue weighted by Gasteiger charge is 2.09. The van der Waals surface area contributed by atoms with Crippen molar-refractivity contribution < 1.29 is 9.78 Å². The van der Waals surface area contributed by atoms with E-state index in [4.69, 9.17) is 9.78 Å². The fourth-order valence-corrected chi connectivity index (χ4v) is 1.38. The van der Waals surface area contributed by atoms with E-state index in [1.807, 2.05) is 0 Å². The van der Waals surface area contributed by atoms with Crippen LogP contribution in [0.4, 0.5) is 0 Å². The van der Waals surface area contributed by atoms with Crippen LogP contribution in [0.15, 0.2) is 18.2 Å². The molecule has 0 saturated carbocycles. The summed E-state index contributed by atoms with van der Waals surface area (Å²) in [5.74, 6) is 0. The molecular weight excluding hydrogens is 152 g/mol. The Balaban J connectivity index is 2.36. The van der Waals surface area contributed by atoms with Crippen LogP contribution in [0, 0.1) is 0 Å². The molecule has 0 fully saturated rings. The van der Waals surface area contributed by atoms with Crippen LogP contribution in [0.25, 0.3) is 0 Å². The summed E-state index contributed by atoms with van der Waals surface area (Å²) in [5, 5.41) is 0. The molecule has 2 nitrogen and oxygen atoms in total. The van der Waals surface area contributed by atoms with Crippen molar-refractivity contribution in [2.45, 2.75) is 26.6 Å². The molecule has 0 bridgehead atoms. The number of aryl methyl sites for hydroxylation is 1. The Hall–Kier alpha value is -0.860. The fraction of sp³-hybridized carbons (Fsp3) is 0.400. The minimum Gasteiger partial charge on any atom is -0.232 e. The van der Waals surface area contributed by atoms with Crippen LogP contribution in [-0.4, -0.2) is 0 Å². The summed E-state index contributed by atoms with van der Waals surface area (Å²) < 4.78 is 0.